The number of hydrogen-bond acceptors (Lipinski definition) is 1. The van der Waals surface area contributed by atoms with Crippen LogP contribution in [0.5, 0.6) is 0 Å². The minimum absolute atomic E-state index is 0.374. The van der Waals surface area contributed by atoms with E-state index in [4.69, 9.17) is 4.74 Å². The van der Waals surface area contributed by atoms with Gasteiger partial charge in [0.15, 0.2) is 0 Å². The zero-order chi connectivity index (χ0) is 6.41. The molecule has 1 nitrogen and oxygen atoms in total. The minimum atomic E-state index is 0.374. The van der Waals surface area contributed by atoms with E-state index in [0.717, 1.165) is 6.61 Å². The summed E-state index contributed by atoms with van der Waals surface area (Å²) in [6, 6.07) is 0. The Hall–Kier alpha value is 0.690. The fourth-order valence-electron chi connectivity index (χ4n) is 0.390. The predicted molar refractivity (Wildman–Crippen MR) is 44.3 cm³/mol. The second-order valence-corrected chi connectivity index (χ2v) is 3.52. The van der Waals surface area contributed by atoms with Crippen LogP contribution in [0.1, 0.15) is 26.7 Å². The minimum Gasteiger partial charge on any atom is -0.368 e. The Morgan fingerprint density at radius 2 is 2.25 bits per heavy atom. The third kappa shape index (κ3) is 6.69. The third-order valence-corrected chi connectivity index (χ3v) is 1.20. The predicted octanol–water partition coefficient (Wildman–Crippen LogP) is 2.58. The Kier molecular flexibility index (Phi) is 6.32. The molecule has 2 heteroatoms. The van der Waals surface area contributed by atoms with Crippen LogP contribution in [-0.4, -0.2) is 10.7 Å². The Bertz CT molecular complexity index is 45.8. The quantitative estimate of drug-likeness (QED) is 0.408. The van der Waals surface area contributed by atoms with E-state index in [1.165, 1.54) is 12.8 Å². The molecule has 50 valence electrons. The van der Waals surface area contributed by atoms with Gasteiger partial charge in [-0.2, -0.15) is 0 Å². The van der Waals surface area contributed by atoms with Crippen LogP contribution in [0.4, 0.5) is 0 Å². The Morgan fingerprint density at radius 1 is 1.62 bits per heavy atom. The fraction of sp³-hybridized carbons (Fsp3) is 1.00. The fourth-order valence-corrected chi connectivity index (χ4v) is 0.644. The highest BCUT2D eigenvalue weighted by Crippen LogP contribution is 2.01. The lowest BCUT2D eigenvalue weighted by Gasteiger charge is -2.02. The van der Waals surface area contributed by atoms with Gasteiger partial charge >= 0.3 is 0 Å². The van der Waals surface area contributed by atoms with Crippen molar-refractivity contribution in [1.82, 2.24) is 0 Å². The normalized spacial score (nSPS) is 13.9. The van der Waals surface area contributed by atoms with E-state index >= 15 is 0 Å². The molecule has 0 aromatic heterocycles. The van der Waals surface area contributed by atoms with E-state index in [0.29, 0.717) is 4.11 Å². The van der Waals surface area contributed by atoms with Gasteiger partial charge in [-0.1, -0.05) is 35.9 Å². The van der Waals surface area contributed by atoms with Crippen molar-refractivity contribution in [2.45, 2.75) is 30.8 Å². The van der Waals surface area contributed by atoms with Crippen LogP contribution < -0.4 is 0 Å². The van der Waals surface area contributed by atoms with Crippen LogP contribution >= 0.6 is 22.6 Å². The van der Waals surface area contributed by atoms with Gasteiger partial charge in [0.1, 0.15) is 4.11 Å². The molecule has 0 aromatic rings. The van der Waals surface area contributed by atoms with Gasteiger partial charge in [0, 0.05) is 6.61 Å². The maximum atomic E-state index is 5.27. The topological polar surface area (TPSA) is 9.23 Å². The molecule has 0 N–H and O–H groups in total. The first-order valence-corrected chi connectivity index (χ1v) is 4.27. The molecule has 1 atom stereocenters. The highest BCUT2D eigenvalue weighted by molar-refractivity contribution is 14.1. The van der Waals surface area contributed by atoms with Crippen molar-refractivity contribution in [3.8, 4) is 0 Å². The summed E-state index contributed by atoms with van der Waals surface area (Å²) in [6.45, 7) is 5.14. The molecule has 0 aliphatic heterocycles. The van der Waals surface area contributed by atoms with Crippen molar-refractivity contribution in [2.24, 2.45) is 0 Å². The Morgan fingerprint density at radius 3 is 2.62 bits per heavy atom. The van der Waals surface area contributed by atoms with Crippen LogP contribution in [0.15, 0.2) is 0 Å². The van der Waals surface area contributed by atoms with Gasteiger partial charge in [-0.3, -0.25) is 0 Å². The van der Waals surface area contributed by atoms with Gasteiger partial charge in [-0.15, -0.1) is 0 Å². The molecular weight excluding hydrogens is 215 g/mol. The Balaban J connectivity index is 2.72. The van der Waals surface area contributed by atoms with Crippen LogP contribution in [0.2, 0.25) is 0 Å². The van der Waals surface area contributed by atoms with Gasteiger partial charge in [0.25, 0.3) is 0 Å². The lowest BCUT2D eigenvalue weighted by Crippen LogP contribution is -1.99. The van der Waals surface area contributed by atoms with E-state index in [9.17, 15) is 0 Å². The molecule has 0 aromatic carbocycles. The second kappa shape index (κ2) is 5.82. The summed E-state index contributed by atoms with van der Waals surface area (Å²) in [6.07, 6.45) is 2.41. The van der Waals surface area contributed by atoms with Crippen molar-refractivity contribution in [3.05, 3.63) is 0 Å². The molecule has 0 heterocycles. The van der Waals surface area contributed by atoms with E-state index in [-0.39, 0.29) is 0 Å². The van der Waals surface area contributed by atoms with Crippen LogP contribution in [0, 0.1) is 0 Å². The van der Waals surface area contributed by atoms with E-state index in [2.05, 4.69) is 36.4 Å². The summed E-state index contributed by atoms with van der Waals surface area (Å²) < 4.78 is 5.64. The smallest absolute Gasteiger partial charge is 0.106 e. The first kappa shape index (κ1) is 8.69. The lowest BCUT2D eigenvalue weighted by atomic mass is 10.4. The second-order valence-electron chi connectivity index (χ2n) is 1.77. The molecule has 0 bridgehead atoms. The average molecular weight is 228 g/mol. The molecule has 0 saturated carbocycles. The van der Waals surface area contributed by atoms with Crippen LogP contribution in [-0.2, 0) is 4.74 Å². The van der Waals surface area contributed by atoms with Crippen molar-refractivity contribution >= 4 is 22.6 Å². The van der Waals surface area contributed by atoms with E-state index < -0.39 is 0 Å². The summed E-state index contributed by atoms with van der Waals surface area (Å²) in [5, 5.41) is 0. The van der Waals surface area contributed by atoms with E-state index in [1.54, 1.807) is 0 Å². The monoisotopic (exact) mass is 228 g/mol. The summed E-state index contributed by atoms with van der Waals surface area (Å²) in [4.78, 5) is 0. The first-order valence-electron chi connectivity index (χ1n) is 3.03. The summed E-state index contributed by atoms with van der Waals surface area (Å²) in [7, 11) is 0. The van der Waals surface area contributed by atoms with Gasteiger partial charge in [0.2, 0.25) is 0 Å². The maximum Gasteiger partial charge on any atom is 0.106 e. The molecule has 0 saturated heterocycles. The van der Waals surface area contributed by atoms with Gasteiger partial charge < -0.3 is 4.74 Å². The number of alkyl halides is 1. The number of halogens is 1. The molecule has 0 radical (unpaired) electrons. The molecular formula is C6H13IO. The van der Waals surface area contributed by atoms with Gasteiger partial charge in [0.05, 0.1) is 0 Å². The summed E-state index contributed by atoms with van der Waals surface area (Å²) >= 11 is 2.26. The lowest BCUT2D eigenvalue weighted by molar-refractivity contribution is 0.131. The molecule has 0 aliphatic carbocycles. The SMILES string of the molecule is CCCCOC(C)I. The molecule has 1 unspecified atom stereocenters. The zero-order valence-corrected chi connectivity index (χ0v) is 7.64. The Labute approximate surface area is 64.9 Å². The number of ether oxygens (including phenoxy) is 1. The molecule has 8 heavy (non-hydrogen) atoms. The maximum absolute atomic E-state index is 5.27. The third-order valence-electron chi connectivity index (χ3n) is 0.845. The van der Waals surface area contributed by atoms with Crippen molar-refractivity contribution in [1.29, 1.82) is 0 Å². The van der Waals surface area contributed by atoms with Crippen molar-refractivity contribution in [2.75, 3.05) is 6.61 Å². The molecule has 0 aliphatic rings. The first-order chi connectivity index (χ1) is 3.77. The standard InChI is InChI=1S/C6H13IO/c1-3-4-5-8-6(2)7/h6H,3-5H2,1-2H3. The number of unbranched alkanes of at least 4 members (excludes halogenated alkanes) is 1. The summed E-state index contributed by atoms with van der Waals surface area (Å²) in [5.41, 5.74) is 0. The largest absolute Gasteiger partial charge is 0.368 e. The summed E-state index contributed by atoms with van der Waals surface area (Å²) in [5.74, 6) is 0. The van der Waals surface area contributed by atoms with Crippen LogP contribution in [0.25, 0.3) is 0 Å². The van der Waals surface area contributed by atoms with Crippen molar-refractivity contribution in [3.63, 3.8) is 0 Å². The average Bonchev–Trinajstić information content (AvgIpc) is 1.66. The number of rotatable bonds is 4. The molecule has 0 spiro atoms. The van der Waals surface area contributed by atoms with E-state index in [1.807, 2.05) is 0 Å². The molecule has 0 fully saturated rings. The van der Waals surface area contributed by atoms with Crippen LogP contribution in [0.3, 0.4) is 0 Å². The molecule has 0 rings (SSSR count). The highest BCUT2D eigenvalue weighted by atomic mass is 127. The highest BCUT2D eigenvalue weighted by Gasteiger charge is 1.90. The van der Waals surface area contributed by atoms with Crippen molar-refractivity contribution < 1.29 is 4.74 Å². The molecule has 0 amide bonds. The number of hydrogen-bond donors (Lipinski definition) is 0. The zero-order valence-electron chi connectivity index (χ0n) is 5.48. The van der Waals surface area contributed by atoms with Gasteiger partial charge in [-0.05, 0) is 13.3 Å². The van der Waals surface area contributed by atoms with Gasteiger partial charge in [-0.25, -0.2) is 0 Å².